The molecule has 1 N–H and O–H groups in total. The van der Waals surface area contributed by atoms with Crippen LogP contribution in [0, 0.1) is 0 Å². The molecule has 1 aromatic rings. The first-order chi connectivity index (χ1) is 11.4. The summed E-state index contributed by atoms with van der Waals surface area (Å²) < 4.78 is 16.1. The van der Waals surface area contributed by atoms with Gasteiger partial charge in [0.15, 0.2) is 0 Å². The molecule has 0 aromatic heterocycles. The van der Waals surface area contributed by atoms with E-state index >= 15 is 0 Å². The van der Waals surface area contributed by atoms with Crippen LogP contribution in [-0.2, 0) is 9.47 Å². The van der Waals surface area contributed by atoms with Crippen molar-refractivity contribution in [3.05, 3.63) is 28.2 Å². The number of halogens is 1. The lowest BCUT2D eigenvalue weighted by molar-refractivity contribution is 0.0205. The van der Waals surface area contributed by atoms with Crippen molar-refractivity contribution >= 4 is 34.4 Å². The maximum atomic E-state index is 11.8. The van der Waals surface area contributed by atoms with Gasteiger partial charge in [-0.2, -0.15) is 5.10 Å². The van der Waals surface area contributed by atoms with Crippen molar-refractivity contribution in [2.45, 2.75) is 52.7 Å². The number of rotatable bonds is 3. The van der Waals surface area contributed by atoms with Gasteiger partial charge >= 0.3 is 12.2 Å². The highest BCUT2D eigenvalue weighted by atomic mass is 79.9. The number of hydrazone groups is 1. The fraction of sp³-hybridized carbons (Fsp3) is 0.471. The smallest absolute Gasteiger partial charge is 0.443 e. The van der Waals surface area contributed by atoms with Crippen LogP contribution in [0.15, 0.2) is 27.8 Å². The first-order valence-electron chi connectivity index (χ1n) is 7.58. The molecular formula is C17H23BrN2O5. The van der Waals surface area contributed by atoms with E-state index < -0.39 is 23.5 Å². The summed E-state index contributed by atoms with van der Waals surface area (Å²) in [6.07, 6.45) is -0.174. The van der Waals surface area contributed by atoms with Crippen molar-refractivity contribution in [3.63, 3.8) is 0 Å². The molecule has 0 atom stereocenters. The fourth-order valence-electron chi connectivity index (χ4n) is 1.53. The Balaban J connectivity index is 2.82. The molecule has 25 heavy (non-hydrogen) atoms. The number of amides is 1. The lowest BCUT2D eigenvalue weighted by Gasteiger charge is -2.19. The predicted molar refractivity (Wildman–Crippen MR) is 98.0 cm³/mol. The zero-order chi connectivity index (χ0) is 19.3. The Hall–Kier alpha value is -2.09. The van der Waals surface area contributed by atoms with Crippen LogP contribution in [-0.4, -0.2) is 29.7 Å². The predicted octanol–water partition coefficient (Wildman–Crippen LogP) is 4.62. The Kier molecular flexibility index (Phi) is 6.98. The van der Waals surface area contributed by atoms with Gasteiger partial charge < -0.3 is 14.2 Å². The Morgan fingerprint density at radius 3 is 2.24 bits per heavy atom. The third-order valence-electron chi connectivity index (χ3n) is 2.31. The number of nitrogens with one attached hydrogen (secondary N) is 1. The molecule has 0 saturated heterocycles. The molecule has 1 rings (SSSR count). The van der Waals surface area contributed by atoms with E-state index in [1.54, 1.807) is 59.7 Å². The van der Waals surface area contributed by atoms with Gasteiger partial charge in [0.2, 0.25) is 0 Å². The molecule has 0 saturated carbocycles. The molecular weight excluding hydrogens is 392 g/mol. The minimum absolute atomic E-state index is 0.243. The Morgan fingerprint density at radius 1 is 1.08 bits per heavy atom. The molecule has 0 radical (unpaired) electrons. The van der Waals surface area contributed by atoms with E-state index in [1.807, 2.05) is 0 Å². The standard InChI is InChI=1S/C17H23BrN2O5/c1-16(2,3)24-14(21)20-19-10-11-9-12(18)7-8-13(11)23-15(22)25-17(4,5)6/h7-10H,1-6H3,(H,20,21)/b19-10+. The number of nitrogens with zero attached hydrogens (tertiary/aromatic N) is 1. The third kappa shape index (κ3) is 9.09. The molecule has 1 amide bonds. The number of ether oxygens (including phenoxy) is 3. The van der Waals surface area contributed by atoms with Crippen LogP contribution in [0.1, 0.15) is 47.1 Å². The largest absolute Gasteiger partial charge is 0.514 e. The van der Waals surface area contributed by atoms with Crippen molar-refractivity contribution < 1.29 is 23.8 Å². The van der Waals surface area contributed by atoms with E-state index in [2.05, 4.69) is 26.5 Å². The first-order valence-corrected chi connectivity index (χ1v) is 8.37. The highest BCUT2D eigenvalue weighted by Crippen LogP contribution is 2.23. The summed E-state index contributed by atoms with van der Waals surface area (Å²) in [6, 6.07) is 4.97. The lowest BCUT2D eigenvalue weighted by atomic mass is 10.2. The molecule has 0 bridgehead atoms. The van der Waals surface area contributed by atoms with E-state index in [4.69, 9.17) is 14.2 Å². The normalized spacial score (nSPS) is 12.0. The summed E-state index contributed by atoms with van der Waals surface area (Å²) >= 11 is 3.33. The van der Waals surface area contributed by atoms with E-state index in [1.165, 1.54) is 6.21 Å². The number of carbonyl (C=O) groups excluding carboxylic acids is 2. The number of hydrogen-bond acceptors (Lipinski definition) is 6. The molecule has 7 nitrogen and oxygen atoms in total. The average molecular weight is 415 g/mol. The van der Waals surface area contributed by atoms with Crippen molar-refractivity contribution in [2.24, 2.45) is 5.10 Å². The molecule has 8 heteroatoms. The zero-order valence-corrected chi connectivity index (χ0v) is 16.8. The molecule has 0 heterocycles. The fourth-order valence-corrected chi connectivity index (χ4v) is 1.91. The van der Waals surface area contributed by atoms with Crippen molar-refractivity contribution in [3.8, 4) is 5.75 Å². The number of hydrogen-bond donors (Lipinski definition) is 1. The van der Waals surface area contributed by atoms with Gasteiger partial charge in [-0.15, -0.1) is 0 Å². The number of carbonyl (C=O) groups is 2. The molecule has 0 aliphatic carbocycles. The van der Waals surface area contributed by atoms with Crippen molar-refractivity contribution in [1.82, 2.24) is 5.43 Å². The second kappa shape index (κ2) is 8.33. The van der Waals surface area contributed by atoms with Crippen LogP contribution in [0.2, 0.25) is 0 Å². The minimum Gasteiger partial charge on any atom is -0.443 e. The third-order valence-corrected chi connectivity index (χ3v) is 2.81. The monoisotopic (exact) mass is 414 g/mol. The second-order valence-corrected chi connectivity index (χ2v) is 8.04. The van der Waals surface area contributed by atoms with Crippen LogP contribution in [0.25, 0.3) is 0 Å². The summed E-state index contributed by atoms with van der Waals surface area (Å²) in [5.41, 5.74) is 1.42. The lowest BCUT2D eigenvalue weighted by Crippen LogP contribution is -2.29. The van der Waals surface area contributed by atoms with Gasteiger partial charge in [0, 0.05) is 10.0 Å². The Bertz CT molecular complexity index is 660. The van der Waals surface area contributed by atoms with Crippen LogP contribution < -0.4 is 10.2 Å². The Morgan fingerprint density at radius 2 is 1.68 bits per heavy atom. The molecule has 0 spiro atoms. The molecule has 138 valence electrons. The van der Waals surface area contributed by atoms with Gasteiger partial charge in [-0.05, 0) is 59.7 Å². The van der Waals surface area contributed by atoms with Gasteiger partial charge in [0.05, 0.1) is 6.21 Å². The first kappa shape index (κ1) is 21.0. The SMILES string of the molecule is CC(C)(C)OC(=O)N/N=C/c1cc(Br)ccc1OC(=O)OC(C)(C)C. The zero-order valence-electron chi connectivity index (χ0n) is 15.2. The second-order valence-electron chi connectivity index (χ2n) is 7.12. The van der Waals surface area contributed by atoms with Crippen LogP contribution >= 0.6 is 15.9 Å². The average Bonchev–Trinajstić information content (AvgIpc) is 2.37. The van der Waals surface area contributed by atoms with E-state index in [-0.39, 0.29) is 5.75 Å². The van der Waals surface area contributed by atoms with Crippen LogP contribution in [0.4, 0.5) is 9.59 Å². The van der Waals surface area contributed by atoms with Gasteiger partial charge in [0.1, 0.15) is 17.0 Å². The van der Waals surface area contributed by atoms with Crippen LogP contribution in [0.5, 0.6) is 5.75 Å². The minimum atomic E-state index is -0.829. The summed E-state index contributed by atoms with van der Waals surface area (Å²) in [7, 11) is 0. The summed E-state index contributed by atoms with van der Waals surface area (Å²) in [5.74, 6) is 0.243. The summed E-state index contributed by atoms with van der Waals surface area (Å²) in [5, 5.41) is 3.81. The summed E-state index contributed by atoms with van der Waals surface area (Å²) in [4.78, 5) is 23.4. The molecule has 0 unspecified atom stereocenters. The maximum Gasteiger partial charge on any atom is 0.514 e. The topological polar surface area (TPSA) is 86.2 Å². The van der Waals surface area contributed by atoms with E-state index in [0.29, 0.717) is 5.56 Å². The highest BCUT2D eigenvalue weighted by molar-refractivity contribution is 9.10. The van der Waals surface area contributed by atoms with Crippen molar-refractivity contribution in [2.75, 3.05) is 0 Å². The van der Waals surface area contributed by atoms with Gasteiger partial charge in [-0.1, -0.05) is 15.9 Å². The quantitative estimate of drug-likeness (QED) is 0.337. The van der Waals surface area contributed by atoms with E-state index in [9.17, 15) is 9.59 Å². The van der Waals surface area contributed by atoms with Gasteiger partial charge in [-0.3, -0.25) is 0 Å². The molecule has 0 fully saturated rings. The maximum absolute atomic E-state index is 11.8. The molecule has 0 aliphatic heterocycles. The Labute approximate surface area is 155 Å². The molecule has 1 aromatic carbocycles. The van der Waals surface area contributed by atoms with Crippen molar-refractivity contribution in [1.29, 1.82) is 0 Å². The highest BCUT2D eigenvalue weighted by Gasteiger charge is 2.19. The van der Waals surface area contributed by atoms with Gasteiger partial charge in [0.25, 0.3) is 0 Å². The van der Waals surface area contributed by atoms with Crippen LogP contribution in [0.3, 0.4) is 0 Å². The van der Waals surface area contributed by atoms with E-state index in [0.717, 1.165) is 4.47 Å². The molecule has 0 aliphatic rings. The number of benzene rings is 1. The van der Waals surface area contributed by atoms with Gasteiger partial charge in [-0.25, -0.2) is 15.0 Å². The summed E-state index contributed by atoms with van der Waals surface area (Å²) in [6.45, 7) is 10.5.